The van der Waals surface area contributed by atoms with E-state index in [1.54, 1.807) is 64.9 Å². The number of aromatic nitrogens is 1. The Morgan fingerprint density at radius 3 is 2.54 bits per heavy atom. The second kappa shape index (κ2) is 11.0. The number of nitro groups is 1. The maximum absolute atomic E-state index is 14.8. The summed E-state index contributed by atoms with van der Waals surface area (Å²) in [5.74, 6) is -2.11. The summed E-state index contributed by atoms with van der Waals surface area (Å²) in [4.78, 5) is 40.3. The van der Waals surface area contributed by atoms with Gasteiger partial charge in [-0.25, -0.2) is 9.37 Å². The number of non-ortho nitro benzene ring substituents is 1. The molecule has 1 amide bonds. The predicted octanol–water partition coefficient (Wildman–Crippen LogP) is 5.40. The van der Waals surface area contributed by atoms with Gasteiger partial charge in [-0.3, -0.25) is 19.7 Å². The average Bonchev–Trinajstić information content (AvgIpc) is 3.38. The number of para-hydroxylation sites is 1. The summed E-state index contributed by atoms with van der Waals surface area (Å²) in [6.45, 7) is 1.59. The fourth-order valence-electron chi connectivity index (χ4n) is 3.51. The average molecular weight is 521 g/mol. The zero-order chi connectivity index (χ0) is 26.5. The highest BCUT2D eigenvalue weighted by atomic mass is 32.1. The van der Waals surface area contributed by atoms with Crippen molar-refractivity contribution in [1.29, 1.82) is 0 Å². The van der Waals surface area contributed by atoms with Crippen LogP contribution >= 0.6 is 11.3 Å². The molecule has 0 saturated heterocycles. The van der Waals surface area contributed by atoms with Gasteiger partial charge in [0.1, 0.15) is 11.9 Å². The summed E-state index contributed by atoms with van der Waals surface area (Å²) in [5, 5.41) is 24.8. The molecule has 4 rings (SSSR count). The summed E-state index contributed by atoms with van der Waals surface area (Å²) < 4.78 is 14.8. The van der Waals surface area contributed by atoms with Crippen molar-refractivity contribution in [2.75, 3.05) is 4.90 Å². The van der Waals surface area contributed by atoms with Gasteiger partial charge in [-0.1, -0.05) is 36.4 Å². The van der Waals surface area contributed by atoms with Crippen LogP contribution in [-0.2, 0) is 11.3 Å². The van der Waals surface area contributed by atoms with Crippen molar-refractivity contribution in [3.8, 4) is 11.3 Å². The van der Waals surface area contributed by atoms with Gasteiger partial charge in [-0.05, 0) is 36.8 Å². The van der Waals surface area contributed by atoms with Gasteiger partial charge in [-0.15, -0.1) is 11.3 Å². The molecule has 188 valence electrons. The van der Waals surface area contributed by atoms with Crippen molar-refractivity contribution in [1.82, 2.24) is 10.3 Å². The van der Waals surface area contributed by atoms with Gasteiger partial charge in [0.15, 0.2) is 5.13 Å². The van der Waals surface area contributed by atoms with Crippen molar-refractivity contribution in [3.05, 3.63) is 105 Å². The number of nitrogens with one attached hydrogen (secondary N) is 1. The quantitative estimate of drug-likeness (QED) is 0.224. The van der Waals surface area contributed by atoms with Crippen molar-refractivity contribution in [3.63, 3.8) is 0 Å². The number of carboxylic acid groups (broad SMARTS) is 1. The number of halogens is 1. The first kappa shape index (κ1) is 25.5. The van der Waals surface area contributed by atoms with Gasteiger partial charge < -0.3 is 15.3 Å². The molecule has 3 aromatic carbocycles. The maximum Gasteiger partial charge on any atom is 0.325 e. The number of carbonyl (C=O) groups excluding carboxylic acids is 1. The fraction of sp³-hybridized carbons (Fsp3) is 0.115. The van der Waals surface area contributed by atoms with Gasteiger partial charge in [0, 0.05) is 28.6 Å². The number of thiazole rings is 1. The van der Waals surface area contributed by atoms with E-state index in [4.69, 9.17) is 5.11 Å². The Balaban J connectivity index is 1.62. The predicted molar refractivity (Wildman–Crippen MR) is 137 cm³/mol. The zero-order valence-corrected chi connectivity index (χ0v) is 20.3. The molecule has 1 aromatic heterocycles. The molecular formula is C26H21FN4O5S. The lowest BCUT2D eigenvalue weighted by Gasteiger charge is -2.23. The Kier molecular flexibility index (Phi) is 7.54. The Morgan fingerprint density at radius 2 is 1.86 bits per heavy atom. The van der Waals surface area contributed by atoms with Crippen LogP contribution in [0.3, 0.4) is 0 Å². The first-order valence-corrected chi connectivity index (χ1v) is 12.0. The Labute approximate surface area is 215 Å². The monoisotopic (exact) mass is 520 g/mol. The number of aliphatic carboxylic acids is 1. The SMILES string of the molecule is CC(NC(=O)c1ccc(CN(c2nc(-c3cccc([N+](=O)[O-])c3)cs2)c2ccccc2F)cc1)C(=O)O. The van der Waals surface area contributed by atoms with Crippen molar-refractivity contribution in [2.45, 2.75) is 19.5 Å². The van der Waals surface area contributed by atoms with Crippen molar-refractivity contribution < 1.29 is 24.0 Å². The molecule has 0 spiro atoms. The van der Waals surface area contributed by atoms with Gasteiger partial charge >= 0.3 is 5.97 Å². The lowest BCUT2D eigenvalue weighted by Crippen LogP contribution is -2.38. The normalized spacial score (nSPS) is 11.5. The molecule has 0 aliphatic heterocycles. The van der Waals surface area contributed by atoms with Crippen LogP contribution in [0.4, 0.5) is 20.9 Å². The number of hydrogen-bond donors (Lipinski definition) is 2. The number of amides is 1. The molecule has 0 bridgehead atoms. The number of carbonyl (C=O) groups is 2. The van der Waals surface area contributed by atoms with Crippen LogP contribution in [0.2, 0.25) is 0 Å². The smallest absolute Gasteiger partial charge is 0.325 e. The van der Waals surface area contributed by atoms with Crippen LogP contribution in [0.5, 0.6) is 0 Å². The maximum atomic E-state index is 14.8. The van der Waals surface area contributed by atoms with Gasteiger partial charge in [0.25, 0.3) is 11.6 Å². The number of anilines is 2. The van der Waals surface area contributed by atoms with E-state index in [2.05, 4.69) is 10.3 Å². The van der Waals surface area contributed by atoms with E-state index >= 15 is 0 Å². The second-order valence-corrected chi connectivity index (χ2v) is 8.93. The molecule has 0 aliphatic rings. The number of nitro benzene ring substituents is 1. The molecule has 9 nitrogen and oxygen atoms in total. The molecule has 4 aromatic rings. The Bertz CT molecular complexity index is 1460. The van der Waals surface area contributed by atoms with Crippen LogP contribution < -0.4 is 10.2 Å². The van der Waals surface area contributed by atoms with E-state index in [9.17, 15) is 24.1 Å². The first-order valence-electron chi connectivity index (χ1n) is 11.1. The number of carboxylic acids is 1. The molecule has 37 heavy (non-hydrogen) atoms. The molecular weight excluding hydrogens is 499 g/mol. The molecule has 1 unspecified atom stereocenters. The third kappa shape index (κ3) is 5.96. The van der Waals surface area contributed by atoms with Crippen LogP contribution in [0.25, 0.3) is 11.3 Å². The minimum atomic E-state index is -1.14. The van der Waals surface area contributed by atoms with Gasteiger partial charge in [0.2, 0.25) is 0 Å². The standard InChI is InChI=1S/C26H21FN4O5S/c1-16(25(33)34)28-24(32)18-11-9-17(10-12-18)14-30(23-8-3-2-7-21(23)27)26-29-22(15-37-26)19-5-4-6-20(13-19)31(35)36/h2-13,15-16H,14H2,1H3,(H,28,32)(H,33,34). The van der Waals surface area contributed by atoms with Crippen LogP contribution in [0.1, 0.15) is 22.8 Å². The molecule has 0 saturated carbocycles. The van der Waals surface area contributed by atoms with Gasteiger partial charge in [0.05, 0.1) is 22.8 Å². The van der Waals surface area contributed by atoms with Crippen molar-refractivity contribution in [2.24, 2.45) is 0 Å². The summed E-state index contributed by atoms with van der Waals surface area (Å²) in [6.07, 6.45) is 0. The summed E-state index contributed by atoms with van der Waals surface area (Å²) >= 11 is 1.27. The molecule has 11 heteroatoms. The summed E-state index contributed by atoms with van der Waals surface area (Å²) in [6, 6.07) is 17.9. The third-order valence-corrected chi connectivity index (χ3v) is 6.36. The number of rotatable bonds is 9. The van der Waals surface area contributed by atoms with Crippen LogP contribution in [0.15, 0.2) is 78.2 Å². The molecule has 1 atom stereocenters. The van der Waals surface area contributed by atoms with Crippen LogP contribution in [-0.4, -0.2) is 32.9 Å². The highest BCUT2D eigenvalue weighted by Gasteiger charge is 2.20. The van der Waals surface area contributed by atoms with E-state index in [1.807, 2.05) is 0 Å². The second-order valence-electron chi connectivity index (χ2n) is 8.09. The number of benzene rings is 3. The lowest BCUT2D eigenvalue weighted by atomic mass is 10.1. The molecule has 0 fully saturated rings. The Hall–Kier alpha value is -4.64. The lowest BCUT2D eigenvalue weighted by molar-refractivity contribution is -0.384. The van der Waals surface area contributed by atoms with E-state index in [-0.39, 0.29) is 17.8 Å². The molecule has 2 N–H and O–H groups in total. The van der Waals surface area contributed by atoms with E-state index in [0.717, 1.165) is 5.56 Å². The minimum absolute atomic E-state index is 0.0557. The number of nitrogens with zero attached hydrogens (tertiary/aromatic N) is 3. The summed E-state index contributed by atoms with van der Waals surface area (Å²) in [7, 11) is 0. The Morgan fingerprint density at radius 1 is 1.14 bits per heavy atom. The molecule has 0 radical (unpaired) electrons. The fourth-order valence-corrected chi connectivity index (χ4v) is 4.36. The van der Waals surface area contributed by atoms with Gasteiger partial charge in [-0.2, -0.15) is 0 Å². The molecule has 1 heterocycles. The third-order valence-electron chi connectivity index (χ3n) is 5.49. The van der Waals surface area contributed by atoms with E-state index in [0.29, 0.717) is 22.1 Å². The van der Waals surface area contributed by atoms with E-state index in [1.165, 1.54) is 36.5 Å². The van der Waals surface area contributed by atoms with E-state index < -0.39 is 28.7 Å². The highest BCUT2D eigenvalue weighted by molar-refractivity contribution is 7.14. The topological polar surface area (TPSA) is 126 Å². The first-order chi connectivity index (χ1) is 17.7. The summed E-state index contributed by atoms with van der Waals surface area (Å²) in [5.41, 5.74) is 2.36. The largest absolute Gasteiger partial charge is 0.480 e. The highest BCUT2D eigenvalue weighted by Crippen LogP contribution is 2.35. The van der Waals surface area contributed by atoms with Crippen LogP contribution in [0, 0.1) is 15.9 Å². The van der Waals surface area contributed by atoms with Crippen molar-refractivity contribution >= 4 is 39.7 Å². The zero-order valence-electron chi connectivity index (χ0n) is 19.5. The molecule has 0 aliphatic carbocycles. The number of hydrogen-bond acceptors (Lipinski definition) is 7. The minimum Gasteiger partial charge on any atom is -0.480 e.